The molecule has 3 aromatic rings. The van der Waals surface area contributed by atoms with Gasteiger partial charge in [-0.3, -0.25) is 4.57 Å². The van der Waals surface area contributed by atoms with Crippen molar-refractivity contribution in [3.63, 3.8) is 0 Å². The van der Waals surface area contributed by atoms with Gasteiger partial charge in [-0.2, -0.15) is 0 Å². The van der Waals surface area contributed by atoms with Crippen LogP contribution in [0, 0.1) is 12.7 Å². The summed E-state index contributed by atoms with van der Waals surface area (Å²) in [6.45, 7) is 2.08. The molecule has 0 aliphatic heterocycles. The number of rotatable bonds is 5. The molecule has 1 saturated carbocycles. The normalized spacial score (nSPS) is 15.1. The van der Waals surface area contributed by atoms with Crippen molar-refractivity contribution < 1.29 is 4.39 Å². The molecular formula is C22H23ClFN3S. The van der Waals surface area contributed by atoms with Gasteiger partial charge in [0, 0.05) is 22.4 Å². The van der Waals surface area contributed by atoms with Crippen LogP contribution in [0.3, 0.4) is 0 Å². The zero-order valence-corrected chi connectivity index (χ0v) is 17.4. The maximum absolute atomic E-state index is 14.2. The Morgan fingerprint density at radius 1 is 1.07 bits per heavy atom. The number of nitrogens with zero attached hydrogens (tertiary/aromatic N) is 3. The smallest absolute Gasteiger partial charge is 0.192 e. The number of aromatic nitrogens is 3. The molecule has 0 N–H and O–H groups in total. The molecule has 3 nitrogen and oxygen atoms in total. The first-order chi connectivity index (χ1) is 13.6. The van der Waals surface area contributed by atoms with Gasteiger partial charge >= 0.3 is 0 Å². The zero-order valence-electron chi connectivity index (χ0n) is 15.9. The van der Waals surface area contributed by atoms with E-state index >= 15 is 0 Å². The quantitative estimate of drug-likeness (QED) is 0.427. The molecule has 146 valence electrons. The third kappa shape index (κ3) is 4.26. The van der Waals surface area contributed by atoms with Crippen LogP contribution in [0.5, 0.6) is 0 Å². The molecule has 1 fully saturated rings. The largest absolute Gasteiger partial charge is 0.299 e. The monoisotopic (exact) mass is 415 g/mol. The van der Waals surface area contributed by atoms with Gasteiger partial charge in [-0.25, -0.2) is 4.39 Å². The molecule has 1 aliphatic rings. The van der Waals surface area contributed by atoms with E-state index in [0.717, 1.165) is 29.4 Å². The van der Waals surface area contributed by atoms with Gasteiger partial charge in [-0.1, -0.05) is 78.5 Å². The summed E-state index contributed by atoms with van der Waals surface area (Å²) in [6.07, 6.45) is 6.02. The fourth-order valence-electron chi connectivity index (χ4n) is 3.72. The number of hydrogen-bond acceptors (Lipinski definition) is 3. The van der Waals surface area contributed by atoms with E-state index in [1.807, 2.05) is 0 Å². The fourth-order valence-corrected chi connectivity index (χ4v) is 4.88. The highest BCUT2D eigenvalue weighted by atomic mass is 35.5. The lowest BCUT2D eigenvalue weighted by molar-refractivity contribution is 0.339. The molecule has 0 spiro atoms. The van der Waals surface area contributed by atoms with Crippen LogP contribution in [0.2, 0.25) is 5.02 Å². The van der Waals surface area contributed by atoms with E-state index in [1.165, 1.54) is 42.7 Å². The maximum atomic E-state index is 14.2. The zero-order chi connectivity index (χ0) is 19.5. The van der Waals surface area contributed by atoms with Gasteiger partial charge in [0.25, 0.3) is 0 Å². The average Bonchev–Trinajstić information content (AvgIpc) is 3.12. The van der Waals surface area contributed by atoms with Crippen molar-refractivity contribution in [1.29, 1.82) is 0 Å². The molecule has 1 aromatic heterocycles. The van der Waals surface area contributed by atoms with E-state index in [9.17, 15) is 4.39 Å². The van der Waals surface area contributed by atoms with Gasteiger partial charge in [0.2, 0.25) is 0 Å². The van der Waals surface area contributed by atoms with E-state index in [4.69, 9.17) is 11.6 Å². The van der Waals surface area contributed by atoms with Crippen LogP contribution in [0.4, 0.5) is 4.39 Å². The first-order valence-corrected chi connectivity index (χ1v) is 11.1. The van der Waals surface area contributed by atoms with Gasteiger partial charge in [0.15, 0.2) is 11.0 Å². The predicted octanol–water partition coefficient (Wildman–Crippen LogP) is 6.84. The fraction of sp³-hybridized carbons (Fsp3) is 0.364. The molecule has 0 atom stereocenters. The minimum absolute atomic E-state index is 0.275. The SMILES string of the molecule is Cc1ccc(-c2nnc(SCc3ccc(Cl)cc3F)n2C2CCCCC2)cc1. The Morgan fingerprint density at radius 2 is 1.82 bits per heavy atom. The molecule has 6 heteroatoms. The van der Waals surface area contributed by atoms with Crippen LogP contribution in [0.1, 0.15) is 49.3 Å². The van der Waals surface area contributed by atoms with Crippen molar-refractivity contribution in [3.8, 4) is 11.4 Å². The summed E-state index contributed by atoms with van der Waals surface area (Å²) in [5, 5.41) is 10.3. The highest BCUT2D eigenvalue weighted by Gasteiger charge is 2.24. The van der Waals surface area contributed by atoms with Crippen LogP contribution in [-0.2, 0) is 5.75 Å². The lowest BCUT2D eigenvalue weighted by Gasteiger charge is -2.25. The van der Waals surface area contributed by atoms with Gasteiger partial charge in [0.1, 0.15) is 5.82 Å². The highest BCUT2D eigenvalue weighted by Crippen LogP contribution is 2.36. The Morgan fingerprint density at radius 3 is 2.54 bits per heavy atom. The lowest BCUT2D eigenvalue weighted by Crippen LogP contribution is -2.15. The third-order valence-corrected chi connectivity index (χ3v) is 6.51. The maximum Gasteiger partial charge on any atom is 0.192 e. The van der Waals surface area contributed by atoms with Gasteiger partial charge in [-0.05, 0) is 37.5 Å². The van der Waals surface area contributed by atoms with Crippen molar-refractivity contribution >= 4 is 23.4 Å². The first-order valence-electron chi connectivity index (χ1n) is 9.70. The topological polar surface area (TPSA) is 30.7 Å². The van der Waals surface area contributed by atoms with Crippen molar-refractivity contribution in [3.05, 3.63) is 64.4 Å². The first kappa shape index (κ1) is 19.5. The Labute approximate surface area is 174 Å². The number of hydrogen-bond donors (Lipinski definition) is 0. The highest BCUT2D eigenvalue weighted by molar-refractivity contribution is 7.98. The minimum atomic E-state index is -0.275. The van der Waals surface area contributed by atoms with Crippen LogP contribution < -0.4 is 0 Å². The number of thioether (sulfide) groups is 1. The molecule has 28 heavy (non-hydrogen) atoms. The van der Waals surface area contributed by atoms with Crippen molar-refractivity contribution in [2.24, 2.45) is 0 Å². The lowest BCUT2D eigenvalue weighted by atomic mass is 9.95. The molecule has 1 heterocycles. The molecular weight excluding hydrogens is 393 g/mol. The summed E-state index contributed by atoms with van der Waals surface area (Å²) in [7, 11) is 0. The van der Waals surface area contributed by atoms with E-state index in [1.54, 1.807) is 12.1 Å². The van der Waals surface area contributed by atoms with Crippen LogP contribution in [-0.4, -0.2) is 14.8 Å². The van der Waals surface area contributed by atoms with Crippen molar-refractivity contribution in [2.75, 3.05) is 0 Å². The summed E-state index contributed by atoms with van der Waals surface area (Å²) in [5.74, 6) is 1.13. The van der Waals surface area contributed by atoms with Crippen molar-refractivity contribution in [2.45, 2.75) is 56.0 Å². The van der Waals surface area contributed by atoms with Gasteiger partial charge in [-0.15, -0.1) is 10.2 Å². The number of benzene rings is 2. The molecule has 1 aliphatic carbocycles. The van der Waals surface area contributed by atoms with Gasteiger partial charge < -0.3 is 0 Å². The summed E-state index contributed by atoms with van der Waals surface area (Å²) in [4.78, 5) is 0. The molecule has 0 radical (unpaired) electrons. The second-order valence-corrected chi connectivity index (χ2v) is 8.74. The Bertz CT molecular complexity index is 949. The number of halogens is 2. The molecule has 2 aromatic carbocycles. The van der Waals surface area contributed by atoms with E-state index < -0.39 is 0 Å². The standard InChI is InChI=1S/C22H23ClFN3S/c1-15-7-9-16(10-8-15)21-25-26-22(27(21)19-5-3-2-4-6-19)28-14-17-11-12-18(23)13-20(17)24/h7-13,19H,2-6,14H2,1H3. The van der Waals surface area contributed by atoms with Crippen LogP contribution in [0.15, 0.2) is 47.6 Å². The molecule has 0 unspecified atom stereocenters. The molecule has 0 saturated heterocycles. The Balaban J connectivity index is 1.65. The average molecular weight is 416 g/mol. The van der Waals surface area contributed by atoms with Crippen LogP contribution in [0.25, 0.3) is 11.4 Å². The Kier molecular flexibility index (Phi) is 6.02. The molecule has 0 bridgehead atoms. The summed E-state index contributed by atoms with van der Waals surface area (Å²) in [6, 6.07) is 13.6. The second kappa shape index (κ2) is 8.66. The summed E-state index contributed by atoms with van der Waals surface area (Å²) in [5.41, 5.74) is 2.93. The minimum Gasteiger partial charge on any atom is -0.299 e. The van der Waals surface area contributed by atoms with Crippen LogP contribution >= 0.6 is 23.4 Å². The Hall–Kier alpha value is -1.85. The number of aryl methyl sites for hydroxylation is 1. The van der Waals surface area contributed by atoms with E-state index in [0.29, 0.717) is 22.4 Å². The summed E-state index contributed by atoms with van der Waals surface area (Å²) < 4.78 is 16.5. The summed E-state index contributed by atoms with van der Waals surface area (Å²) >= 11 is 7.41. The van der Waals surface area contributed by atoms with E-state index in [2.05, 4.69) is 46.0 Å². The molecule has 0 amide bonds. The third-order valence-electron chi connectivity index (χ3n) is 5.29. The van der Waals surface area contributed by atoms with Crippen molar-refractivity contribution in [1.82, 2.24) is 14.8 Å². The molecule has 4 rings (SSSR count). The second-order valence-electron chi connectivity index (χ2n) is 7.36. The predicted molar refractivity (Wildman–Crippen MR) is 113 cm³/mol. The van der Waals surface area contributed by atoms with Gasteiger partial charge in [0.05, 0.1) is 0 Å². The van der Waals surface area contributed by atoms with E-state index in [-0.39, 0.29) is 5.82 Å².